The first-order chi connectivity index (χ1) is 34.2. The van der Waals surface area contributed by atoms with E-state index in [4.69, 9.17) is 34.4 Å². The van der Waals surface area contributed by atoms with Crippen LogP contribution >= 0.6 is 0 Å². The number of rotatable bonds is 38. The summed E-state index contributed by atoms with van der Waals surface area (Å²) in [5.41, 5.74) is 34.1. The van der Waals surface area contributed by atoms with E-state index in [9.17, 15) is 68.7 Å². The first-order valence-corrected chi connectivity index (χ1v) is 23.7. The van der Waals surface area contributed by atoms with Crippen LogP contribution in [-0.4, -0.2) is 173 Å². The molecular formula is C44H76N14O14. The van der Waals surface area contributed by atoms with Gasteiger partial charge in [0.1, 0.15) is 48.0 Å². The highest BCUT2D eigenvalue weighted by Crippen LogP contribution is 2.13. The molecule has 0 spiro atoms. The van der Waals surface area contributed by atoms with Crippen LogP contribution in [0, 0.1) is 0 Å². The zero-order valence-corrected chi connectivity index (χ0v) is 40.4. The second kappa shape index (κ2) is 35.4. The van der Waals surface area contributed by atoms with E-state index in [1.165, 1.54) is 24.3 Å². The monoisotopic (exact) mass is 1020 g/mol. The standard InChI is InChI=1S/C44H76N14O14/c45-18-4-1-9-28(37(65)53-29(10-2-5-19-46)38(66)56-32(22-25-12-14-26(61)15-13-25)41(69)58-34(24-60)43(71)72)55-42(70)33(23-59)57-39(67)30(11-3-6-20-47)54-40(68)31(16-17-35(62)63)52-36(64)27(48)8-7-21-51-44(49)50/h12-15,27-34,59-61H,1-11,16-24,45-48H2,(H,52,64)(H,53,65)(H,54,68)(H,55,70)(H,56,66)(H,57,67)(H,58,69)(H,62,63)(H,71,72)(H4,49,50,51)/t27-,28-,29-,30-,31-,32-,33-,34-/m0/s1. The molecule has 7 amide bonds. The summed E-state index contributed by atoms with van der Waals surface area (Å²) in [5, 5.41) is 65.5. The molecule has 0 aliphatic rings. The summed E-state index contributed by atoms with van der Waals surface area (Å²) in [6.45, 7) is -1.19. The maximum absolute atomic E-state index is 14.0. The lowest BCUT2D eigenvalue weighted by atomic mass is 10.0. The van der Waals surface area contributed by atoms with Crippen molar-refractivity contribution in [2.45, 2.75) is 138 Å². The number of guanidine groups is 1. The van der Waals surface area contributed by atoms with Gasteiger partial charge in [-0.05, 0) is 114 Å². The quantitative estimate of drug-likeness (QED) is 0.0167. The molecule has 28 nitrogen and oxygen atoms in total. The van der Waals surface area contributed by atoms with Gasteiger partial charge in [0.15, 0.2) is 5.96 Å². The van der Waals surface area contributed by atoms with Crippen molar-refractivity contribution in [2.24, 2.45) is 39.4 Å². The Bertz CT molecular complexity index is 1920. The lowest BCUT2D eigenvalue weighted by molar-refractivity contribution is -0.143. The number of phenolic OH excluding ortho intramolecular Hbond substituents is 1. The van der Waals surface area contributed by atoms with Crippen LogP contribution in [0.3, 0.4) is 0 Å². The molecular weight excluding hydrogens is 949 g/mol. The number of phenols is 1. The third-order valence-electron chi connectivity index (χ3n) is 10.9. The van der Waals surface area contributed by atoms with Crippen LogP contribution in [0.1, 0.15) is 89.0 Å². The predicted octanol–water partition coefficient (Wildman–Crippen LogP) is -5.97. The average molecular weight is 1030 g/mol. The minimum atomic E-state index is -1.73. The summed E-state index contributed by atoms with van der Waals surface area (Å²) in [5.74, 6) is -9.66. The maximum Gasteiger partial charge on any atom is 0.328 e. The number of hydrogen-bond acceptors (Lipinski definition) is 17. The van der Waals surface area contributed by atoms with E-state index in [1.54, 1.807) is 0 Å². The Morgan fingerprint density at radius 3 is 1.26 bits per heavy atom. The van der Waals surface area contributed by atoms with E-state index in [0.29, 0.717) is 37.7 Å². The van der Waals surface area contributed by atoms with Crippen molar-refractivity contribution >= 4 is 59.2 Å². The van der Waals surface area contributed by atoms with Gasteiger partial charge >= 0.3 is 11.9 Å². The van der Waals surface area contributed by atoms with Crippen molar-refractivity contribution in [3.05, 3.63) is 29.8 Å². The summed E-state index contributed by atoms with van der Waals surface area (Å²) >= 11 is 0. The van der Waals surface area contributed by atoms with Crippen molar-refractivity contribution in [1.29, 1.82) is 0 Å². The molecule has 0 aliphatic carbocycles. The SMILES string of the molecule is NCCCC[C@H](NC(=O)[C@H](CCCCN)NC(=O)[C@H](CO)NC(=O)[C@H](CCCCN)NC(=O)[C@H](CCC(=O)O)NC(=O)[C@@H](N)CCCN=C(N)N)C(=O)N[C@@H](Cc1ccc(O)cc1)C(=O)N[C@@H](CO)C(=O)O. The fraction of sp³-hybridized carbons (Fsp3) is 0.636. The molecule has 0 aliphatic heterocycles. The van der Waals surface area contributed by atoms with Gasteiger partial charge in [-0.15, -0.1) is 0 Å². The van der Waals surface area contributed by atoms with Crippen LogP contribution in [0.15, 0.2) is 29.3 Å². The van der Waals surface area contributed by atoms with Gasteiger partial charge in [0, 0.05) is 19.4 Å². The van der Waals surface area contributed by atoms with Gasteiger partial charge < -0.3 is 97.2 Å². The number of aliphatic hydroxyl groups excluding tert-OH is 2. The van der Waals surface area contributed by atoms with Crippen molar-refractivity contribution in [3.63, 3.8) is 0 Å². The minimum Gasteiger partial charge on any atom is -0.508 e. The van der Waals surface area contributed by atoms with Gasteiger partial charge in [-0.1, -0.05) is 12.1 Å². The number of aromatic hydroxyl groups is 1. The number of hydrogen-bond donors (Lipinski definition) is 18. The topological polar surface area (TPSA) is 507 Å². The van der Waals surface area contributed by atoms with Crippen LogP contribution in [0.25, 0.3) is 0 Å². The van der Waals surface area contributed by atoms with E-state index in [-0.39, 0.29) is 82.8 Å². The fourth-order valence-corrected chi connectivity index (χ4v) is 6.84. The Labute approximate surface area is 417 Å². The van der Waals surface area contributed by atoms with E-state index >= 15 is 0 Å². The van der Waals surface area contributed by atoms with Crippen LogP contribution in [0.2, 0.25) is 0 Å². The molecule has 0 saturated carbocycles. The second-order valence-electron chi connectivity index (χ2n) is 16.8. The van der Waals surface area contributed by atoms with E-state index < -0.39 is 128 Å². The van der Waals surface area contributed by atoms with Gasteiger partial charge in [0.2, 0.25) is 41.4 Å². The summed E-state index contributed by atoms with van der Waals surface area (Å²) in [4.78, 5) is 123. The van der Waals surface area contributed by atoms with Gasteiger partial charge in [0.25, 0.3) is 0 Å². The van der Waals surface area contributed by atoms with Crippen molar-refractivity contribution in [2.75, 3.05) is 39.4 Å². The highest BCUT2D eigenvalue weighted by molar-refractivity contribution is 5.97. The van der Waals surface area contributed by atoms with Crippen LogP contribution in [0.4, 0.5) is 0 Å². The lowest BCUT2D eigenvalue weighted by Gasteiger charge is -2.27. The third kappa shape index (κ3) is 25.4. The number of benzene rings is 1. The molecule has 24 N–H and O–H groups in total. The third-order valence-corrected chi connectivity index (χ3v) is 10.9. The number of carbonyl (C=O) groups excluding carboxylic acids is 7. The molecule has 1 aromatic carbocycles. The van der Waals surface area contributed by atoms with E-state index in [2.05, 4.69) is 42.2 Å². The fourth-order valence-electron chi connectivity index (χ4n) is 6.84. The molecule has 1 rings (SSSR count). The number of nitrogens with one attached hydrogen (secondary N) is 7. The zero-order chi connectivity index (χ0) is 54.2. The van der Waals surface area contributed by atoms with Gasteiger partial charge in [0.05, 0.1) is 19.3 Å². The Morgan fingerprint density at radius 2 is 0.861 bits per heavy atom. The normalized spacial score (nSPS) is 14.3. The van der Waals surface area contributed by atoms with Crippen LogP contribution < -0.4 is 71.6 Å². The second-order valence-corrected chi connectivity index (χ2v) is 16.8. The molecule has 0 saturated heterocycles. The number of amides is 7. The van der Waals surface area contributed by atoms with Crippen LogP contribution in [-0.2, 0) is 49.6 Å². The van der Waals surface area contributed by atoms with E-state index in [1.807, 2.05) is 0 Å². The Morgan fingerprint density at radius 1 is 0.486 bits per heavy atom. The first kappa shape index (κ1) is 63.3. The summed E-state index contributed by atoms with van der Waals surface area (Å²) in [6, 6.07) is -6.17. The number of aliphatic hydroxyl groups is 2. The summed E-state index contributed by atoms with van der Waals surface area (Å²) in [7, 11) is 0. The Balaban J connectivity index is 3.41. The number of carboxylic acid groups (broad SMARTS) is 2. The molecule has 0 aromatic heterocycles. The maximum atomic E-state index is 14.0. The zero-order valence-electron chi connectivity index (χ0n) is 40.4. The molecule has 28 heteroatoms. The molecule has 406 valence electrons. The smallest absolute Gasteiger partial charge is 0.328 e. The number of carbonyl (C=O) groups is 9. The molecule has 72 heavy (non-hydrogen) atoms. The summed E-state index contributed by atoms with van der Waals surface area (Å²) < 4.78 is 0. The molecule has 0 bridgehead atoms. The lowest BCUT2D eigenvalue weighted by Crippen LogP contribution is -2.61. The molecule has 1 aromatic rings. The highest BCUT2D eigenvalue weighted by Gasteiger charge is 2.34. The van der Waals surface area contributed by atoms with Crippen molar-refractivity contribution < 1.29 is 68.7 Å². The molecule has 0 radical (unpaired) electrons. The number of aliphatic imine (C=N–C) groups is 1. The molecule has 0 unspecified atom stereocenters. The Hall–Kier alpha value is -6.72. The molecule has 0 heterocycles. The number of nitrogens with zero attached hydrogens (tertiary/aromatic N) is 1. The molecule has 0 fully saturated rings. The first-order valence-electron chi connectivity index (χ1n) is 23.7. The summed E-state index contributed by atoms with van der Waals surface area (Å²) in [6.07, 6.45) is 1.11. The molecule has 8 atom stereocenters. The average Bonchev–Trinajstić information content (AvgIpc) is 3.33. The van der Waals surface area contributed by atoms with E-state index in [0.717, 1.165) is 0 Å². The Kier molecular flexibility index (Phi) is 31.1. The number of carboxylic acids is 2. The van der Waals surface area contributed by atoms with Gasteiger partial charge in [-0.2, -0.15) is 0 Å². The van der Waals surface area contributed by atoms with Gasteiger partial charge in [-0.25, -0.2) is 4.79 Å². The number of aliphatic carboxylic acids is 2. The van der Waals surface area contributed by atoms with Gasteiger partial charge in [-0.3, -0.25) is 43.3 Å². The van der Waals surface area contributed by atoms with Crippen molar-refractivity contribution in [3.8, 4) is 5.75 Å². The largest absolute Gasteiger partial charge is 0.508 e. The van der Waals surface area contributed by atoms with Crippen LogP contribution in [0.5, 0.6) is 5.75 Å². The number of nitrogens with two attached hydrogens (primary N) is 6. The number of unbranched alkanes of at least 4 members (excludes halogenated alkanes) is 3. The highest BCUT2D eigenvalue weighted by atomic mass is 16.4. The minimum absolute atomic E-state index is 0.0267. The van der Waals surface area contributed by atoms with Crippen molar-refractivity contribution in [1.82, 2.24) is 37.2 Å². The predicted molar refractivity (Wildman–Crippen MR) is 261 cm³/mol.